The number of aromatic nitrogens is 2. The number of halogens is 1. The number of piperazine rings is 1. The van der Waals surface area contributed by atoms with Crippen molar-refractivity contribution in [1.82, 2.24) is 14.3 Å². The summed E-state index contributed by atoms with van der Waals surface area (Å²) >= 11 is 1.37. The lowest BCUT2D eigenvalue weighted by atomic mass is 10.1. The van der Waals surface area contributed by atoms with Crippen LogP contribution in [0.1, 0.15) is 37.6 Å². The van der Waals surface area contributed by atoms with Crippen LogP contribution in [0.15, 0.2) is 48.5 Å². The van der Waals surface area contributed by atoms with Crippen LogP contribution >= 0.6 is 11.5 Å². The van der Waals surface area contributed by atoms with Gasteiger partial charge in [-0.3, -0.25) is 4.79 Å². The first-order chi connectivity index (χ1) is 17.6. The van der Waals surface area contributed by atoms with E-state index in [0.717, 1.165) is 73.5 Å². The summed E-state index contributed by atoms with van der Waals surface area (Å²) in [7, 11) is 1.67. The van der Waals surface area contributed by atoms with E-state index in [2.05, 4.69) is 33.2 Å². The van der Waals surface area contributed by atoms with Gasteiger partial charge in [0.05, 0.1) is 7.11 Å². The van der Waals surface area contributed by atoms with Crippen molar-refractivity contribution in [3.8, 4) is 5.75 Å². The first kappa shape index (κ1) is 25.9. The average molecular weight is 512 g/mol. The van der Waals surface area contributed by atoms with Gasteiger partial charge in [0, 0.05) is 69.3 Å². The number of amides is 1. The zero-order valence-corrected chi connectivity index (χ0v) is 21.8. The second-order valence-corrected chi connectivity index (χ2v) is 9.68. The normalized spacial score (nSPS) is 13.6. The standard InChI is InChI=1S/C27H34FN5O2S/c1-3-4-14-33(27-29-25(30-36-27)20-21-5-7-22(28)8-6-21)15-13-26(34)32-18-16-31(17-19-32)23-9-11-24(35-2)12-10-23/h5-12H,3-4,13-20H2,1-2H3. The molecule has 2 aromatic carbocycles. The van der Waals surface area contributed by atoms with Crippen LogP contribution < -0.4 is 14.5 Å². The minimum atomic E-state index is -0.247. The van der Waals surface area contributed by atoms with E-state index in [1.165, 1.54) is 23.7 Å². The Kier molecular flexibility index (Phi) is 9.11. The molecular weight excluding hydrogens is 477 g/mol. The minimum absolute atomic E-state index is 0.182. The molecule has 0 aliphatic carbocycles. The molecular formula is C27H34FN5O2S. The van der Waals surface area contributed by atoms with Crippen LogP contribution in [-0.2, 0) is 11.2 Å². The van der Waals surface area contributed by atoms with E-state index in [9.17, 15) is 9.18 Å². The van der Waals surface area contributed by atoms with Crippen molar-refractivity contribution in [2.75, 3.05) is 56.2 Å². The van der Waals surface area contributed by atoms with E-state index in [1.54, 1.807) is 19.2 Å². The Bertz CT molecular complexity index is 1100. The lowest BCUT2D eigenvalue weighted by Gasteiger charge is -2.36. The van der Waals surface area contributed by atoms with Crippen LogP contribution in [0.2, 0.25) is 0 Å². The van der Waals surface area contributed by atoms with E-state index in [4.69, 9.17) is 9.72 Å². The Morgan fingerprint density at radius 1 is 1.06 bits per heavy atom. The second-order valence-electron chi connectivity index (χ2n) is 8.95. The van der Waals surface area contributed by atoms with E-state index in [0.29, 0.717) is 19.4 Å². The molecule has 1 aromatic heterocycles. The summed E-state index contributed by atoms with van der Waals surface area (Å²) in [6.45, 7) is 6.72. The quantitative estimate of drug-likeness (QED) is 0.374. The van der Waals surface area contributed by atoms with Gasteiger partial charge in [-0.25, -0.2) is 9.37 Å². The van der Waals surface area contributed by atoms with E-state index < -0.39 is 0 Å². The number of anilines is 2. The van der Waals surface area contributed by atoms with Crippen LogP contribution in [-0.4, -0.2) is 66.5 Å². The first-order valence-electron chi connectivity index (χ1n) is 12.5. The largest absolute Gasteiger partial charge is 0.497 e. The van der Waals surface area contributed by atoms with Gasteiger partial charge >= 0.3 is 0 Å². The molecule has 36 heavy (non-hydrogen) atoms. The van der Waals surface area contributed by atoms with Crippen molar-refractivity contribution in [1.29, 1.82) is 0 Å². The maximum atomic E-state index is 13.2. The van der Waals surface area contributed by atoms with Crippen molar-refractivity contribution < 1.29 is 13.9 Å². The summed E-state index contributed by atoms with van der Waals surface area (Å²) in [5, 5.41) is 0.845. The molecule has 0 spiro atoms. The van der Waals surface area contributed by atoms with Crippen LogP contribution in [0.5, 0.6) is 5.75 Å². The molecule has 0 atom stereocenters. The maximum Gasteiger partial charge on any atom is 0.224 e. The summed E-state index contributed by atoms with van der Waals surface area (Å²) in [6, 6.07) is 14.5. The molecule has 0 radical (unpaired) electrons. The molecule has 1 aliphatic rings. The Balaban J connectivity index is 1.29. The number of nitrogens with zero attached hydrogens (tertiary/aromatic N) is 5. The van der Waals surface area contributed by atoms with Crippen molar-refractivity contribution in [3.05, 3.63) is 65.7 Å². The topological polar surface area (TPSA) is 61.8 Å². The summed E-state index contributed by atoms with van der Waals surface area (Å²) in [5.74, 6) is 1.51. The van der Waals surface area contributed by atoms with E-state index >= 15 is 0 Å². The van der Waals surface area contributed by atoms with Crippen LogP contribution in [0, 0.1) is 5.82 Å². The summed E-state index contributed by atoms with van der Waals surface area (Å²) in [4.78, 5) is 24.2. The molecule has 192 valence electrons. The molecule has 3 aromatic rings. The van der Waals surface area contributed by atoms with Crippen molar-refractivity contribution in [3.63, 3.8) is 0 Å². The third-order valence-electron chi connectivity index (χ3n) is 6.45. The van der Waals surface area contributed by atoms with Gasteiger partial charge in [-0.1, -0.05) is 25.5 Å². The zero-order chi connectivity index (χ0) is 25.3. The number of hydrogen-bond donors (Lipinski definition) is 0. The smallest absolute Gasteiger partial charge is 0.224 e. The summed E-state index contributed by atoms with van der Waals surface area (Å²) in [5.41, 5.74) is 2.13. The van der Waals surface area contributed by atoms with Gasteiger partial charge in [0.2, 0.25) is 11.0 Å². The molecule has 0 bridgehead atoms. The van der Waals surface area contributed by atoms with Crippen molar-refractivity contribution >= 4 is 28.3 Å². The number of benzene rings is 2. The van der Waals surface area contributed by atoms with E-state index in [-0.39, 0.29) is 11.7 Å². The molecule has 2 heterocycles. The highest BCUT2D eigenvalue weighted by Gasteiger charge is 2.22. The fourth-order valence-electron chi connectivity index (χ4n) is 4.28. The van der Waals surface area contributed by atoms with Crippen molar-refractivity contribution in [2.45, 2.75) is 32.6 Å². The highest BCUT2D eigenvalue weighted by atomic mass is 32.1. The molecule has 7 nitrogen and oxygen atoms in total. The Hall–Kier alpha value is -3.20. The Labute approximate surface area is 216 Å². The second kappa shape index (κ2) is 12.7. The third-order valence-corrected chi connectivity index (χ3v) is 7.27. The molecule has 1 saturated heterocycles. The SMILES string of the molecule is CCCCN(CCC(=O)N1CCN(c2ccc(OC)cc2)CC1)c1nc(Cc2ccc(F)cc2)ns1. The maximum absolute atomic E-state index is 13.2. The molecule has 0 N–H and O–H groups in total. The molecule has 1 amide bonds. The van der Waals surface area contributed by atoms with Crippen LogP contribution in [0.25, 0.3) is 0 Å². The van der Waals surface area contributed by atoms with Gasteiger partial charge < -0.3 is 19.4 Å². The fourth-order valence-corrected chi connectivity index (χ4v) is 5.01. The number of ether oxygens (including phenoxy) is 1. The summed E-state index contributed by atoms with van der Waals surface area (Å²) < 4.78 is 22.9. The van der Waals surface area contributed by atoms with E-state index in [1.807, 2.05) is 17.0 Å². The number of hydrogen-bond acceptors (Lipinski definition) is 7. The Morgan fingerprint density at radius 2 is 1.78 bits per heavy atom. The first-order valence-corrected chi connectivity index (χ1v) is 13.3. The summed E-state index contributed by atoms with van der Waals surface area (Å²) in [6.07, 6.45) is 3.12. The lowest BCUT2D eigenvalue weighted by Crippen LogP contribution is -2.49. The zero-order valence-electron chi connectivity index (χ0n) is 21.0. The molecule has 1 aliphatic heterocycles. The number of methoxy groups -OCH3 is 1. The lowest BCUT2D eigenvalue weighted by molar-refractivity contribution is -0.131. The fraction of sp³-hybridized carbons (Fsp3) is 0.444. The molecule has 4 rings (SSSR count). The van der Waals surface area contributed by atoms with Crippen molar-refractivity contribution in [2.24, 2.45) is 0 Å². The highest BCUT2D eigenvalue weighted by Crippen LogP contribution is 2.22. The third kappa shape index (κ3) is 6.94. The van der Waals surface area contributed by atoms with Gasteiger partial charge in [-0.15, -0.1) is 0 Å². The molecule has 1 fully saturated rings. The number of rotatable bonds is 11. The van der Waals surface area contributed by atoms with Gasteiger partial charge in [0.15, 0.2) is 0 Å². The minimum Gasteiger partial charge on any atom is -0.497 e. The predicted octanol–water partition coefficient (Wildman–Crippen LogP) is 4.62. The molecule has 0 saturated carbocycles. The monoisotopic (exact) mass is 511 g/mol. The Morgan fingerprint density at radius 3 is 2.44 bits per heavy atom. The van der Waals surface area contributed by atoms with Crippen LogP contribution in [0.4, 0.5) is 15.2 Å². The number of carbonyl (C=O) groups excluding carboxylic acids is 1. The van der Waals surface area contributed by atoms with Gasteiger partial charge in [0.1, 0.15) is 17.4 Å². The van der Waals surface area contributed by atoms with Gasteiger partial charge in [-0.2, -0.15) is 4.37 Å². The van der Waals surface area contributed by atoms with Crippen LogP contribution in [0.3, 0.4) is 0 Å². The van der Waals surface area contributed by atoms with Gasteiger partial charge in [-0.05, 0) is 48.4 Å². The molecule has 9 heteroatoms. The number of carbonyl (C=O) groups is 1. The average Bonchev–Trinajstić information content (AvgIpc) is 3.38. The highest BCUT2D eigenvalue weighted by molar-refractivity contribution is 7.09. The van der Waals surface area contributed by atoms with Gasteiger partial charge in [0.25, 0.3) is 0 Å². The molecule has 0 unspecified atom stereocenters. The number of unbranched alkanes of at least 4 members (excludes halogenated alkanes) is 1. The predicted molar refractivity (Wildman–Crippen MR) is 143 cm³/mol.